The summed E-state index contributed by atoms with van der Waals surface area (Å²) in [6, 6.07) is 0.260. The predicted molar refractivity (Wildman–Crippen MR) is 77.7 cm³/mol. The van der Waals surface area contributed by atoms with E-state index in [2.05, 4.69) is 30.6 Å². The first-order valence-electron chi connectivity index (χ1n) is 7.14. The van der Waals surface area contributed by atoms with E-state index < -0.39 is 0 Å². The fraction of sp³-hybridized carbons (Fsp3) is 0.615. The standard InChI is InChI=1S/C13H20N6O/c1-2-14-13-18-11-10(15-7-16-11)12(19-13)17-9-5-3-4-8(9)6-20/h7-9,20H,2-6H2,1H3,(H3,14,15,16,17,18,19). The second kappa shape index (κ2) is 5.62. The highest BCUT2D eigenvalue weighted by atomic mass is 16.3. The maximum atomic E-state index is 9.42. The Morgan fingerprint density at radius 2 is 2.30 bits per heavy atom. The molecule has 20 heavy (non-hydrogen) atoms. The Morgan fingerprint density at radius 3 is 3.10 bits per heavy atom. The van der Waals surface area contributed by atoms with Gasteiger partial charge in [-0.05, 0) is 19.8 Å². The third-order valence-electron chi connectivity index (χ3n) is 3.84. The molecule has 108 valence electrons. The van der Waals surface area contributed by atoms with Crippen molar-refractivity contribution in [3.63, 3.8) is 0 Å². The second-order valence-corrected chi connectivity index (χ2v) is 5.15. The van der Waals surface area contributed by atoms with Crippen LogP contribution in [0.15, 0.2) is 6.33 Å². The number of imidazole rings is 1. The van der Waals surface area contributed by atoms with Crippen LogP contribution >= 0.6 is 0 Å². The average molecular weight is 276 g/mol. The van der Waals surface area contributed by atoms with E-state index in [1.54, 1.807) is 6.33 Å². The summed E-state index contributed by atoms with van der Waals surface area (Å²) in [4.78, 5) is 16.1. The first-order chi connectivity index (χ1) is 9.81. The van der Waals surface area contributed by atoms with Crippen LogP contribution < -0.4 is 10.6 Å². The molecule has 2 heterocycles. The van der Waals surface area contributed by atoms with Gasteiger partial charge in [0.1, 0.15) is 5.52 Å². The number of aromatic amines is 1. The normalized spacial score (nSPS) is 22.3. The van der Waals surface area contributed by atoms with E-state index in [1.165, 1.54) is 0 Å². The molecule has 0 aromatic carbocycles. The van der Waals surface area contributed by atoms with Gasteiger partial charge in [0.05, 0.1) is 6.33 Å². The molecule has 7 heteroatoms. The number of aliphatic hydroxyl groups is 1. The Kier molecular flexibility index (Phi) is 3.68. The van der Waals surface area contributed by atoms with E-state index in [4.69, 9.17) is 0 Å². The lowest BCUT2D eigenvalue weighted by molar-refractivity contribution is 0.222. The monoisotopic (exact) mass is 276 g/mol. The number of nitrogens with one attached hydrogen (secondary N) is 3. The highest BCUT2D eigenvalue weighted by Crippen LogP contribution is 2.29. The van der Waals surface area contributed by atoms with Crippen molar-refractivity contribution in [3.05, 3.63) is 6.33 Å². The van der Waals surface area contributed by atoms with Crippen LogP contribution in [0.3, 0.4) is 0 Å². The minimum Gasteiger partial charge on any atom is -0.396 e. The highest BCUT2D eigenvalue weighted by molar-refractivity contribution is 5.83. The lowest BCUT2D eigenvalue weighted by Gasteiger charge is -2.20. The van der Waals surface area contributed by atoms with Crippen molar-refractivity contribution in [2.75, 3.05) is 23.8 Å². The van der Waals surface area contributed by atoms with Crippen LogP contribution in [0.25, 0.3) is 11.2 Å². The zero-order valence-corrected chi connectivity index (χ0v) is 11.6. The molecule has 2 atom stereocenters. The van der Waals surface area contributed by atoms with Gasteiger partial charge in [0.15, 0.2) is 11.5 Å². The highest BCUT2D eigenvalue weighted by Gasteiger charge is 2.27. The van der Waals surface area contributed by atoms with Crippen LogP contribution in [0, 0.1) is 5.92 Å². The molecule has 1 fully saturated rings. The summed E-state index contributed by atoms with van der Waals surface area (Å²) in [7, 11) is 0. The van der Waals surface area contributed by atoms with Gasteiger partial charge in [0.2, 0.25) is 5.95 Å². The quantitative estimate of drug-likeness (QED) is 0.658. The Morgan fingerprint density at radius 1 is 1.40 bits per heavy atom. The number of nitrogens with zero attached hydrogens (tertiary/aromatic N) is 3. The summed E-state index contributed by atoms with van der Waals surface area (Å²) in [5.74, 6) is 1.63. The van der Waals surface area contributed by atoms with Crippen LogP contribution in [-0.4, -0.2) is 44.2 Å². The summed E-state index contributed by atoms with van der Waals surface area (Å²) in [6.07, 6.45) is 4.88. The van der Waals surface area contributed by atoms with E-state index in [-0.39, 0.29) is 12.6 Å². The van der Waals surface area contributed by atoms with Crippen molar-refractivity contribution >= 4 is 22.9 Å². The Balaban J connectivity index is 1.90. The molecule has 0 aliphatic heterocycles. The molecule has 0 amide bonds. The molecule has 2 aromatic rings. The Bertz CT molecular complexity index is 583. The molecule has 2 unspecified atom stereocenters. The summed E-state index contributed by atoms with van der Waals surface area (Å²) >= 11 is 0. The maximum Gasteiger partial charge on any atom is 0.226 e. The first-order valence-corrected chi connectivity index (χ1v) is 7.14. The molecule has 7 nitrogen and oxygen atoms in total. The maximum absolute atomic E-state index is 9.42. The summed E-state index contributed by atoms with van der Waals surface area (Å²) < 4.78 is 0. The topological polar surface area (TPSA) is 98.8 Å². The van der Waals surface area contributed by atoms with Gasteiger partial charge in [-0.2, -0.15) is 9.97 Å². The van der Waals surface area contributed by atoms with E-state index in [0.29, 0.717) is 17.5 Å². The molecule has 0 radical (unpaired) electrons. The molecule has 3 rings (SSSR count). The molecular weight excluding hydrogens is 256 g/mol. The van der Waals surface area contributed by atoms with E-state index >= 15 is 0 Å². The third-order valence-corrected chi connectivity index (χ3v) is 3.84. The lowest BCUT2D eigenvalue weighted by atomic mass is 10.1. The largest absolute Gasteiger partial charge is 0.396 e. The van der Waals surface area contributed by atoms with Gasteiger partial charge in [-0.25, -0.2) is 4.98 Å². The van der Waals surface area contributed by atoms with Gasteiger partial charge < -0.3 is 20.7 Å². The number of H-pyrrole nitrogens is 1. The first kappa shape index (κ1) is 13.1. The second-order valence-electron chi connectivity index (χ2n) is 5.15. The zero-order chi connectivity index (χ0) is 13.9. The minimum absolute atomic E-state index is 0.217. The number of aromatic nitrogens is 4. The van der Waals surface area contributed by atoms with Gasteiger partial charge in [0.25, 0.3) is 0 Å². The number of hydrogen-bond acceptors (Lipinski definition) is 6. The van der Waals surface area contributed by atoms with Crippen LogP contribution in [0.2, 0.25) is 0 Å². The fourth-order valence-electron chi connectivity index (χ4n) is 2.80. The predicted octanol–water partition coefficient (Wildman–Crippen LogP) is 1.36. The van der Waals surface area contributed by atoms with E-state index in [1.807, 2.05) is 6.92 Å². The van der Waals surface area contributed by atoms with Crippen molar-refractivity contribution < 1.29 is 5.11 Å². The van der Waals surface area contributed by atoms with Crippen molar-refractivity contribution in [2.24, 2.45) is 5.92 Å². The van der Waals surface area contributed by atoms with E-state index in [9.17, 15) is 5.11 Å². The minimum atomic E-state index is 0.217. The van der Waals surface area contributed by atoms with Crippen molar-refractivity contribution in [1.82, 2.24) is 19.9 Å². The van der Waals surface area contributed by atoms with Gasteiger partial charge in [-0.3, -0.25) is 0 Å². The van der Waals surface area contributed by atoms with Crippen molar-refractivity contribution in [2.45, 2.75) is 32.2 Å². The third kappa shape index (κ3) is 2.40. The molecule has 0 saturated heterocycles. The van der Waals surface area contributed by atoms with Gasteiger partial charge in [-0.1, -0.05) is 6.42 Å². The molecule has 0 bridgehead atoms. The number of anilines is 2. The summed E-state index contributed by atoms with van der Waals surface area (Å²) in [5.41, 5.74) is 1.47. The number of aliphatic hydroxyl groups excluding tert-OH is 1. The van der Waals surface area contributed by atoms with Gasteiger partial charge in [0, 0.05) is 25.1 Å². The SMILES string of the molecule is CCNc1nc(NC2CCCC2CO)c2[nH]cnc2n1. The summed E-state index contributed by atoms with van der Waals surface area (Å²) in [5, 5.41) is 16.0. The number of hydrogen-bond donors (Lipinski definition) is 4. The molecule has 2 aromatic heterocycles. The van der Waals surface area contributed by atoms with Crippen LogP contribution in [0.1, 0.15) is 26.2 Å². The Labute approximate surface area is 117 Å². The van der Waals surface area contributed by atoms with Crippen LogP contribution in [-0.2, 0) is 0 Å². The molecule has 1 saturated carbocycles. The Hall–Kier alpha value is -1.89. The fourth-order valence-corrected chi connectivity index (χ4v) is 2.80. The van der Waals surface area contributed by atoms with Crippen molar-refractivity contribution in [1.29, 1.82) is 0 Å². The van der Waals surface area contributed by atoms with Gasteiger partial charge >= 0.3 is 0 Å². The zero-order valence-electron chi connectivity index (χ0n) is 11.6. The number of rotatable bonds is 5. The summed E-state index contributed by atoms with van der Waals surface area (Å²) in [6.45, 7) is 2.98. The average Bonchev–Trinajstić information content (AvgIpc) is 3.07. The molecule has 1 aliphatic rings. The number of fused-ring (bicyclic) bond motifs is 1. The van der Waals surface area contributed by atoms with Crippen LogP contribution in [0.4, 0.5) is 11.8 Å². The van der Waals surface area contributed by atoms with Crippen LogP contribution in [0.5, 0.6) is 0 Å². The van der Waals surface area contributed by atoms with Gasteiger partial charge in [-0.15, -0.1) is 0 Å². The smallest absolute Gasteiger partial charge is 0.226 e. The molecule has 0 spiro atoms. The van der Waals surface area contributed by atoms with E-state index in [0.717, 1.165) is 37.1 Å². The molecule has 1 aliphatic carbocycles. The van der Waals surface area contributed by atoms with Crippen molar-refractivity contribution in [3.8, 4) is 0 Å². The molecule has 4 N–H and O–H groups in total. The lowest BCUT2D eigenvalue weighted by Crippen LogP contribution is -2.27. The molecular formula is C13H20N6O.